The Bertz CT molecular complexity index is 669. The van der Waals surface area contributed by atoms with Crippen molar-refractivity contribution >= 4 is 34.4 Å². The Kier molecular flexibility index (Phi) is 4.79. The van der Waals surface area contributed by atoms with E-state index < -0.39 is 5.92 Å². The highest BCUT2D eigenvalue weighted by atomic mass is 32.1. The maximum Gasteiger partial charge on any atom is 0.319 e. The van der Waals surface area contributed by atoms with Crippen molar-refractivity contribution in [2.75, 3.05) is 7.05 Å². The van der Waals surface area contributed by atoms with E-state index in [2.05, 4.69) is 18.9 Å². The zero-order valence-electron chi connectivity index (χ0n) is 14.5. The summed E-state index contributed by atoms with van der Waals surface area (Å²) in [5.41, 5.74) is 0. The zero-order valence-corrected chi connectivity index (χ0v) is 16.1. The number of epoxide rings is 1. The highest BCUT2D eigenvalue weighted by Gasteiger charge is 2.62. The van der Waals surface area contributed by atoms with Crippen molar-refractivity contribution in [2.24, 2.45) is 0 Å². The Morgan fingerprint density at radius 2 is 2.20 bits per heavy atom. The Labute approximate surface area is 157 Å². The molecule has 0 aromatic carbocycles. The lowest BCUT2D eigenvalue weighted by molar-refractivity contribution is -0.153. The third kappa shape index (κ3) is 3.21. The lowest BCUT2D eigenvalue weighted by atomic mass is 9.98. The average Bonchev–Trinajstić information content (AvgIpc) is 3.16. The second-order valence-electron chi connectivity index (χ2n) is 7.06. The fourth-order valence-corrected chi connectivity index (χ4v) is 5.41. The van der Waals surface area contributed by atoms with Crippen LogP contribution in [0, 0.1) is 0 Å². The Balaban J connectivity index is 1.46. The maximum atomic E-state index is 12.9. The van der Waals surface area contributed by atoms with Gasteiger partial charge in [-0.15, -0.1) is 11.3 Å². The van der Waals surface area contributed by atoms with Crippen LogP contribution in [0.25, 0.3) is 0 Å². The zero-order chi connectivity index (χ0) is 17.6. The molecule has 1 aromatic heterocycles. The fraction of sp³-hybridized carbons (Fsp3) is 0.579. The van der Waals surface area contributed by atoms with Gasteiger partial charge in [-0.2, -0.15) is 0 Å². The van der Waals surface area contributed by atoms with E-state index in [1.807, 2.05) is 29.7 Å². The number of esters is 1. The molecule has 2 bridgehead atoms. The second-order valence-corrected chi connectivity index (χ2v) is 8.51. The van der Waals surface area contributed by atoms with Crippen molar-refractivity contribution in [3.05, 3.63) is 34.5 Å². The summed E-state index contributed by atoms with van der Waals surface area (Å²) in [6, 6.07) is 4.68. The summed E-state index contributed by atoms with van der Waals surface area (Å²) in [7, 11) is 2.15. The van der Waals surface area contributed by atoms with Crippen LogP contribution in [0.2, 0.25) is 0 Å². The monoisotopic (exact) mass is 377 g/mol. The summed E-state index contributed by atoms with van der Waals surface area (Å²) in [6.07, 6.45) is 7.15. The SMILES string of the molecule is CC/C=C\C(=S)C(C(=O)OC1CC2C3OC3C(C1)N2C)c1cccs1. The largest absolute Gasteiger partial charge is 0.461 e. The normalized spacial score (nSPS) is 34.7. The summed E-state index contributed by atoms with van der Waals surface area (Å²) in [6.45, 7) is 2.05. The molecule has 5 unspecified atom stereocenters. The molecule has 3 aliphatic heterocycles. The van der Waals surface area contributed by atoms with Crippen LogP contribution in [0.15, 0.2) is 29.7 Å². The molecule has 6 heteroatoms. The predicted octanol–water partition coefficient (Wildman–Crippen LogP) is 3.32. The minimum Gasteiger partial charge on any atom is -0.461 e. The van der Waals surface area contributed by atoms with E-state index in [1.165, 1.54) is 0 Å². The number of ether oxygens (including phenoxy) is 2. The van der Waals surface area contributed by atoms with Crippen molar-refractivity contribution in [1.82, 2.24) is 4.90 Å². The molecule has 25 heavy (non-hydrogen) atoms. The van der Waals surface area contributed by atoms with Gasteiger partial charge in [-0.3, -0.25) is 9.69 Å². The fourth-order valence-electron chi connectivity index (χ4n) is 4.19. The van der Waals surface area contributed by atoms with Crippen LogP contribution in [0.5, 0.6) is 0 Å². The molecule has 0 radical (unpaired) electrons. The average molecular weight is 378 g/mol. The first-order valence-corrected chi connectivity index (χ1v) is 10.2. The number of thiophene rings is 1. The first-order chi connectivity index (χ1) is 12.1. The van der Waals surface area contributed by atoms with E-state index in [-0.39, 0.29) is 12.1 Å². The van der Waals surface area contributed by atoms with Gasteiger partial charge < -0.3 is 9.47 Å². The van der Waals surface area contributed by atoms with Gasteiger partial charge in [0.15, 0.2) is 0 Å². The number of carbonyl (C=O) groups excluding carboxylic acids is 1. The number of nitrogens with zero attached hydrogens (tertiary/aromatic N) is 1. The summed E-state index contributed by atoms with van der Waals surface area (Å²) in [5, 5.41) is 1.97. The number of morpholine rings is 1. The molecule has 0 aliphatic carbocycles. The van der Waals surface area contributed by atoms with Gasteiger partial charge >= 0.3 is 5.97 Å². The van der Waals surface area contributed by atoms with Gasteiger partial charge in [0.2, 0.25) is 0 Å². The summed E-state index contributed by atoms with van der Waals surface area (Å²) >= 11 is 7.08. The number of hydrogen-bond acceptors (Lipinski definition) is 6. The lowest BCUT2D eigenvalue weighted by Crippen LogP contribution is -2.48. The van der Waals surface area contributed by atoms with Crippen LogP contribution in [-0.2, 0) is 14.3 Å². The van der Waals surface area contributed by atoms with Crippen molar-refractivity contribution in [1.29, 1.82) is 0 Å². The van der Waals surface area contributed by atoms with Crippen LogP contribution in [0.1, 0.15) is 37.0 Å². The third-order valence-corrected chi connectivity index (χ3v) is 6.83. The highest BCUT2D eigenvalue weighted by Crippen LogP contribution is 2.48. The number of fused-ring (bicyclic) bond motifs is 5. The van der Waals surface area contributed by atoms with Gasteiger partial charge in [-0.1, -0.05) is 37.4 Å². The highest BCUT2D eigenvalue weighted by molar-refractivity contribution is 7.81. The molecule has 134 valence electrons. The minimum absolute atomic E-state index is 0.0319. The van der Waals surface area contributed by atoms with Gasteiger partial charge in [0, 0.05) is 34.7 Å². The second kappa shape index (κ2) is 6.91. The van der Waals surface area contributed by atoms with Crippen molar-refractivity contribution < 1.29 is 14.3 Å². The number of carbonyl (C=O) groups is 1. The van der Waals surface area contributed by atoms with Crippen LogP contribution >= 0.6 is 23.6 Å². The first-order valence-electron chi connectivity index (χ1n) is 8.91. The number of hydrogen-bond donors (Lipinski definition) is 0. The molecule has 5 atom stereocenters. The van der Waals surface area contributed by atoms with Gasteiger partial charge in [0.05, 0.1) is 0 Å². The molecule has 0 amide bonds. The number of rotatable bonds is 6. The van der Waals surface area contributed by atoms with E-state index in [9.17, 15) is 4.79 Å². The van der Waals surface area contributed by atoms with Crippen molar-refractivity contribution in [3.8, 4) is 0 Å². The number of thiocarbonyl (C=S) groups is 1. The molecule has 0 N–H and O–H groups in total. The number of allylic oxidation sites excluding steroid dienone is 2. The molecule has 0 spiro atoms. The van der Waals surface area contributed by atoms with Crippen LogP contribution < -0.4 is 0 Å². The first kappa shape index (κ1) is 17.3. The molecule has 0 saturated carbocycles. The Morgan fingerprint density at radius 3 is 2.80 bits per heavy atom. The number of likely N-dealkylation sites (N-methyl/N-ethyl adjacent to an activating group) is 1. The van der Waals surface area contributed by atoms with E-state index in [0.717, 1.165) is 24.1 Å². The van der Waals surface area contributed by atoms with Crippen LogP contribution in [-0.4, -0.2) is 53.2 Å². The van der Waals surface area contributed by atoms with Gasteiger partial charge in [-0.05, 0) is 24.9 Å². The smallest absolute Gasteiger partial charge is 0.319 e. The Hall–Kier alpha value is -1.08. The van der Waals surface area contributed by atoms with Crippen LogP contribution in [0.4, 0.5) is 0 Å². The number of piperidine rings is 1. The van der Waals surface area contributed by atoms with E-state index >= 15 is 0 Å². The molecular formula is C19H23NO3S2. The molecule has 3 saturated heterocycles. The van der Waals surface area contributed by atoms with Crippen molar-refractivity contribution in [2.45, 2.75) is 62.5 Å². The molecule has 4 nitrogen and oxygen atoms in total. The topological polar surface area (TPSA) is 42.1 Å². The minimum atomic E-state index is -0.471. The van der Waals surface area contributed by atoms with E-state index in [4.69, 9.17) is 21.7 Å². The third-order valence-electron chi connectivity index (χ3n) is 5.52. The lowest BCUT2D eigenvalue weighted by Gasteiger charge is -2.38. The molecule has 4 heterocycles. The summed E-state index contributed by atoms with van der Waals surface area (Å²) in [5.74, 6) is -0.683. The quantitative estimate of drug-likeness (QED) is 0.329. The summed E-state index contributed by atoms with van der Waals surface area (Å²) in [4.78, 5) is 16.9. The standard InChI is InChI=1S/C19H23NO3S2/c1-3-4-6-14(24)16(15-7-5-8-25-15)19(21)22-11-9-12-17-18(23-17)13(10-11)20(12)2/h4-8,11-13,16-18H,3,9-10H2,1-2H3/b6-4-. The predicted molar refractivity (Wildman–Crippen MR) is 102 cm³/mol. The molecule has 1 aromatic rings. The maximum absolute atomic E-state index is 12.9. The molecule has 3 aliphatic rings. The van der Waals surface area contributed by atoms with E-state index in [0.29, 0.717) is 29.2 Å². The van der Waals surface area contributed by atoms with Crippen molar-refractivity contribution in [3.63, 3.8) is 0 Å². The van der Waals surface area contributed by atoms with Gasteiger partial charge in [0.1, 0.15) is 24.2 Å². The Morgan fingerprint density at radius 1 is 1.48 bits per heavy atom. The molecular weight excluding hydrogens is 354 g/mol. The van der Waals surface area contributed by atoms with Crippen LogP contribution in [0.3, 0.4) is 0 Å². The van der Waals surface area contributed by atoms with Gasteiger partial charge in [0.25, 0.3) is 0 Å². The van der Waals surface area contributed by atoms with Gasteiger partial charge in [-0.25, -0.2) is 0 Å². The summed E-state index contributed by atoms with van der Waals surface area (Å²) < 4.78 is 11.7. The van der Waals surface area contributed by atoms with E-state index in [1.54, 1.807) is 11.3 Å². The molecule has 3 fully saturated rings. The molecule has 4 rings (SSSR count).